The van der Waals surface area contributed by atoms with E-state index in [9.17, 15) is 4.79 Å². The fourth-order valence-electron chi connectivity index (χ4n) is 2.45. The highest BCUT2D eigenvalue weighted by Crippen LogP contribution is 2.14. The Kier molecular flexibility index (Phi) is 9.04. The Balaban J connectivity index is 2.00. The topological polar surface area (TPSA) is 44.8 Å². The molecule has 2 aromatic rings. The molecule has 0 N–H and O–H groups in total. The molecule has 2 atom stereocenters. The Morgan fingerprint density at radius 1 is 0.926 bits per heavy atom. The predicted octanol–water partition coefficient (Wildman–Crippen LogP) is 4.46. The number of carbonyl (C=O) groups excluding carboxylic acids is 1. The van der Waals surface area contributed by atoms with E-state index in [2.05, 4.69) is 6.58 Å². The Bertz CT molecular complexity index is 710. The van der Waals surface area contributed by atoms with E-state index >= 15 is 0 Å². The minimum absolute atomic E-state index is 0.197. The SMILES string of the molecule is C=C[C@H](OCc1ccccc1)[C@@H](/C=C\COC(C)=O)OCc1ccccc1. The fraction of sp³-hybridized carbons (Fsp3) is 0.261. The average molecular weight is 366 g/mol. The summed E-state index contributed by atoms with van der Waals surface area (Å²) in [5, 5.41) is 0. The maximum atomic E-state index is 10.9. The van der Waals surface area contributed by atoms with Crippen molar-refractivity contribution in [3.8, 4) is 0 Å². The minimum Gasteiger partial charge on any atom is -0.462 e. The van der Waals surface area contributed by atoms with Crippen LogP contribution >= 0.6 is 0 Å². The lowest BCUT2D eigenvalue weighted by atomic mass is 10.1. The molecule has 4 heteroatoms. The first-order valence-corrected chi connectivity index (χ1v) is 8.92. The van der Waals surface area contributed by atoms with Crippen molar-refractivity contribution in [1.82, 2.24) is 0 Å². The molecule has 0 aliphatic carbocycles. The number of esters is 1. The van der Waals surface area contributed by atoms with Crippen LogP contribution < -0.4 is 0 Å². The van der Waals surface area contributed by atoms with Crippen LogP contribution in [0.2, 0.25) is 0 Å². The van der Waals surface area contributed by atoms with E-state index in [0.717, 1.165) is 11.1 Å². The van der Waals surface area contributed by atoms with Gasteiger partial charge < -0.3 is 14.2 Å². The van der Waals surface area contributed by atoms with E-state index in [1.807, 2.05) is 66.7 Å². The van der Waals surface area contributed by atoms with Gasteiger partial charge in [-0.15, -0.1) is 6.58 Å². The van der Waals surface area contributed by atoms with Gasteiger partial charge >= 0.3 is 5.97 Å². The van der Waals surface area contributed by atoms with E-state index in [1.165, 1.54) is 6.92 Å². The van der Waals surface area contributed by atoms with Gasteiger partial charge in [0.05, 0.1) is 13.2 Å². The Morgan fingerprint density at radius 2 is 1.44 bits per heavy atom. The molecule has 0 aromatic heterocycles. The standard InChI is InChI=1S/C23H26O4/c1-3-22(26-17-20-11-6-4-7-12-20)23(15-10-16-25-19(2)24)27-18-21-13-8-5-9-14-21/h3-15,22-23H,1,16-18H2,2H3/b15-10-/t22-,23+/m0/s1. The van der Waals surface area contributed by atoms with Crippen molar-refractivity contribution in [3.05, 3.63) is 96.6 Å². The molecule has 142 valence electrons. The summed E-state index contributed by atoms with van der Waals surface area (Å²) in [7, 11) is 0. The third kappa shape index (κ3) is 8.03. The van der Waals surface area contributed by atoms with Gasteiger partial charge in [0.2, 0.25) is 0 Å². The molecular formula is C23H26O4. The highest BCUT2D eigenvalue weighted by molar-refractivity contribution is 5.65. The van der Waals surface area contributed by atoms with Crippen LogP contribution in [-0.4, -0.2) is 24.8 Å². The third-order valence-corrected chi connectivity index (χ3v) is 3.84. The van der Waals surface area contributed by atoms with Gasteiger partial charge in [0.1, 0.15) is 18.8 Å². The van der Waals surface area contributed by atoms with Crippen molar-refractivity contribution in [2.45, 2.75) is 32.3 Å². The van der Waals surface area contributed by atoms with Crippen LogP contribution in [0.4, 0.5) is 0 Å². The summed E-state index contributed by atoms with van der Waals surface area (Å²) in [5.41, 5.74) is 2.15. The molecule has 0 bridgehead atoms. The second kappa shape index (κ2) is 11.8. The molecule has 2 rings (SSSR count). The van der Waals surface area contributed by atoms with Crippen molar-refractivity contribution in [1.29, 1.82) is 0 Å². The summed E-state index contributed by atoms with van der Waals surface area (Å²) in [6.45, 7) is 6.37. The first-order chi connectivity index (χ1) is 13.2. The van der Waals surface area contributed by atoms with Gasteiger partial charge in [-0.05, 0) is 17.2 Å². The average Bonchev–Trinajstić information content (AvgIpc) is 2.70. The number of rotatable bonds is 11. The Labute approximate surface area is 161 Å². The lowest BCUT2D eigenvalue weighted by Gasteiger charge is -2.23. The zero-order valence-corrected chi connectivity index (χ0v) is 15.6. The molecule has 0 radical (unpaired) electrons. The van der Waals surface area contributed by atoms with Crippen LogP contribution in [0, 0.1) is 0 Å². The van der Waals surface area contributed by atoms with Crippen LogP contribution in [0.1, 0.15) is 18.1 Å². The van der Waals surface area contributed by atoms with Crippen LogP contribution in [0.25, 0.3) is 0 Å². The lowest BCUT2D eigenvalue weighted by molar-refractivity contribution is -0.139. The van der Waals surface area contributed by atoms with Crippen LogP contribution in [0.3, 0.4) is 0 Å². The largest absolute Gasteiger partial charge is 0.462 e. The van der Waals surface area contributed by atoms with Crippen molar-refractivity contribution < 1.29 is 19.0 Å². The normalized spacial score (nSPS) is 13.2. The number of carbonyl (C=O) groups is 1. The van der Waals surface area contributed by atoms with Crippen molar-refractivity contribution in [3.63, 3.8) is 0 Å². The van der Waals surface area contributed by atoms with Crippen LogP contribution in [0.15, 0.2) is 85.5 Å². The second-order valence-corrected chi connectivity index (χ2v) is 5.99. The van der Waals surface area contributed by atoms with E-state index < -0.39 is 0 Å². The number of benzene rings is 2. The lowest BCUT2D eigenvalue weighted by Crippen LogP contribution is -2.28. The molecule has 0 aliphatic rings. The Hall–Kier alpha value is -2.69. The van der Waals surface area contributed by atoms with Gasteiger partial charge in [0.25, 0.3) is 0 Å². The minimum atomic E-state index is -0.345. The zero-order chi connectivity index (χ0) is 19.3. The first kappa shape index (κ1) is 20.6. The Morgan fingerprint density at radius 3 is 1.93 bits per heavy atom. The van der Waals surface area contributed by atoms with E-state index in [-0.39, 0.29) is 24.8 Å². The molecule has 0 amide bonds. The van der Waals surface area contributed by atoms with E-state index in [1.54, 1.807) is 12.2 Å². The van der Waals surface area contributed by atoms with Gasteiger partial charge in [0, 0.05) is 6.92 Å². The molecular weight excluding hydrogens is 340 g/mol. The molecule has 0 saturated carbocycles. The summed E-state index contributed by atoms with van der Waals surface area (Å²) in [5.74, 6) is -0.318. The fourth-order valence-corrected chi connectivity index (χ4v) is 2.45. The van der Waals surface area contributed by atoms with Gasteiger partial charge in [-0.25, -0.2) is 0 Å². The molecule has 0 saturated heterocycles. The number of hydrogen-bond acceptors (Lipinski definition) is 4. The summed E-state index contributed by atoms with van der Waals surface area (Å²) in [6.07, 6.45) is 4.67. The summed E-state index contributed by atoms with van der Waals surface area (Å²) < 4.78 is 17.0. The summed E-state index contributed by atoms with van der Waals surface area (Å²) in [6, 6.07) is 19.9. The highest BCUT2D eigenvalue weighted by Gasteiger charge is 2.18. The summed E-state index contributed by atoms with van der Waals surface area (Å²) >= 11 is 0. The van der Waals surface area contributed by atoms with Crippen molar-refractivity contribution in [2.24, 2.45) is 0 Å². The number of hydrogen-bond donors (Lipinski definition) is 0. The van der Waals surface area contributed by atoms with Gasteiger partial charge in [-0.1, -0.05) is 72.8 Å². The molecule has 27 heavy (non-hydrogen) atoms. The van der Waals surface area contributed by atoms with Crippen LogP contribution in [0.5, 0.6) is 0 Å². The molecule has 0 spiro atoms. The molecule has 0 unspecified atom stereocenters. The highest BCUT2D eigenvalue weighted by atomic mass is 16.5. The predicted molar refractivity (Wildman–Crippen MR) is 106 cm³/mol. The molecule has 0 fully saturated rings. The van der Waals surface area contributed by atoms with Gasteiger partial charge in [-0.3, -0.25) is 4.79 Å². The quantitative estimate of drug-likeness (QED) is 0.435. The maximum Gasteiger partial charge on any atom is 0.302 e. The van der Waals surface area contributed by atoms with Crippen molar-refractivity contribution in [2.75, 3.05) is 6.61 Å². The zero-order valence-electron chi connectivity index (χ0n) is 15.6. The van der Waals surface area contributed by atoms with Crippen molar-refractivity contribution >= 4 is 5.97 Å². The third-order valence-electron chi connectivity index (χ3n) is 3.84. The van der Waals surface area contributed by atoms with Crippen LogP contribution in [-0.2, 0) is 32.2 Å². The first-order valence-electron chi connectivity index (χ1n) is 8.92. The molecule has 2 aromatic carbocycles. The second-order valence-electron chi connectivity index (χ2n) is 5.99. The van der Waals surface area contributed by atoms with E-state index in [4.69, 9.17) is 14.2 Å². The molecule has 0 aliphatic heterocycles. The van der Waals surface area contributed by atoms with Gasteiger partial charge in [-0.2, -0.15) is 0 Å². The monoisotopic (exact) mass is 366 g/mol. The molecule has 0 heterocycles. The molecule has 4 nitrogen and oxygen atoms in total. The smallest absolute Gasteiger partial charge is 0.302 e. The maximum absolute atomic E-state index is 10.9. The van der Waals surface area contributed by atoms with Gasteiger partial charge in [0.15, 0.2) is 0 Å². The summed E-state index contributed by atoms with van der Waals surface area (Å²) in [4.78, 5) is 10.9. The number of ether oxygens (including phenoxy) is 3. The van der Waals surface area contributed by atoms with E-state index in [0.29, 0.717) is 13.2 Å².